The molecule has 0 saturated heterocycles. The maximum atomic E-state index is 6.16. The van der Waals surface area contributed by atoms with Crippen LogP contribution in [0, 0.1) is 13.8 Å². The summed E-state index contributed by atoms with van der Waals surface area (Å²) in [7, 11) is 0. The van der Waals surface area contributed by atoms with Crippen molar-refractivity contribution in [1.82, 2.24) is 0 Å². The number of nitrogen functional groups attached to an aromatic ring is 1. The van der Waals surface area contributed by atoms with E-state index < -0.39 is 0 Å². The van der Waals surface area contributed by atoms with E-state index in [4.69, 9.17) is 17.3 Å². The third kappa shape index (κ3) is 3.18. The summed E-state index contributed by atoms with van der Waals surface area (Å²) >= 11 is 7.82. The van der Waals surface area contributed by atoms with Crippen molar-refractivity contribution < 1.29 is 0 Å². The maximum absolute atomic E-state index is 6.16. The number of hydrogen-bond acceptors (Lipinski definition) is 2. The van der Waals surface area contributed by atoms with Gasteiger partial charge in [0.1, 0.15) is 0 Å². The van der Waals surface area contributed by atoms with Gasteiger partial charge >= 0.3 is 0 Å². The van der Waals surface area contributed by atoms with Gasteiger partial charge in [-0.3, -0.25) is 0 Å². The zero-order valence-electron chi connectivity index (χ0n) is 9.83. The third-order valence-corrected chi connectivity index (χ3v) is 3.85. The second-order valence-electron chi connectivity index (χ2n) is 4.12. The summed E-state index contributed by atoms with van der Waals surface area (Å²) in [5.41, 5.74) is 8.90. The van der Waals surface area contributed by atoms with Crippen molar-refractivity contribution in [2.45, 2.75) is 23.6 Å². The average Bonchev–Trinajstić information content (AvgIpc) is 2.21. The average molecular weight is 264 g/mol. The Morgan fingerprint density at radius 2 is 1.65 bits per heavy atom. The van der Waals surface area contributed by atoms with Crippen LogP contribution in [-0.4, -0.2) is 0 Å². The number of nitrogens with two attached hydrogens (primary N) is 1. The zero-order chi connectivity index (χ0) is 12.4. The second kappa shape index (κ2) is 5.03. The Bertz CT molecular complexity index is 532. The molecule has 0 saturated carbocycles. The van der Waals surface area contributed by atoms with Gasteiger partial charge in [-0.2, -0.15) is 0 Å². The van der Waals surface area contributed by atoms with Crippen LogP contribution in [0.3, 0.4) is 0 Å². The lowest BCUT2D eigenvalue weighted by molar-refractivity contribution is 1.29. The van der Waals surface area contributed by atoms with Gasteiger partial charge in [-0.25, -0.2) is 0 Å². The predicted molar refractivity (Wildman–Crippen MR) is 75.9 cm³/mol. The molecule has 0 spiro atoms. The van der Waals surface area contributed by atoms with Crippen LogP contribution in [0.2, 0.25) is 5.02 Å². The Balaban J connectivity index is 2.31. The molecule has 0 radical (unpaired) electrons. The van der Waals surface area contributed by atoms with Crippen molar-refractivity contribution in [3.05, 3.63) is 52.5 Å². The van der Waals surface area contributed by atoms with Crippen LogP contribution in [0.1, 0.15) is 11.1 Å². The Morgan fingerprint density at radius 1 is 1.00 bits per heavy atom. The number of aryl methyl sites for hydroxylation is 2. The van der Waals surface area contributed by atoms with Crippen molar-refractivity contribution in [2.75, 3.05) is 5.73 Å². The van der Waals surface area contributed by atoms with Crippen molar-refractivity contribution in [3.63, 3.8) is 0 Å². The van der Waals surface area contributed by atoms with Crippen molar-refractivity contribution in [1.29, 1.82) is 0 Å². The van der Waals surface area contributed by atoms with Gasteiger partial charge in [-0.05, 0) is 55.3 Å². The fourth-order valence-corrected chi connectivity index (χ4v) is 3.06. The number of rotatable bonds is 2. The minimum Gasteiger partial charge on any atom is -0.399 e. The smallest absolute Gasteiger partial charge is 0.0565 e. The van der Waals surface area contributed by atoms with E-state index in [1.807, 2.05) is 12.1 Å². The largest absolute Gasteiger partial charge is 0.399 e. The number of hydrogen-bond donors (Lipinski definition) is 1. The van der Waals surface area contributed by atoms with Gasteiger partial charge in [0, 0.05) is 15.5 Å². The lowest BCUT2D eigenvalue weighted by Gasteiger charge is -2.07. The minimum atomic E-state index is 0.694. The van der Waals surface area contributed by atoms with Crippen LogP contribution in [0.15, 0.2) is 46.2 Å². The molecule has 2 N–H and O–H groups in total. The van der Waals surface area contributed by atoms with Crippen LogP contribution in [-0.2, 0) is 0 Å². The van der Waals surface area contributed by atoms with Gasteiger partial charge < -0.3 is 5.73 Å². The summed E-state index contributed by atoms with van der Waals surface area (Å²) in [5.74, 6) is 0. The molecule has 17 heavy (non-hydrogen) atoms. The van der Waals surface area contributed by atoms with Crippen LogP contribution in [0.4, 0.5) is 5.69 Å². The summed E-state index contributed by atoms with van der Waals surface area (Å²) in [4.78, 5) is 2.24. The SMILES string of the molecule is Cc1cc(C)cc(Sc2ccc(N)cc2Cl)c1. The normalized spacial score (nSPS) is 10.5. The topological polar surface area (TPSA) is 26.0 Å². The minimum absolute atomic E-state index is 0.694. The second-order valence-corrected chi connectivity index (χ2v) is 5.64. The van der Waals surface area contributed by atoms with Crippen LogP contribution in [0.25, 0.3) is 0 Å². The molecular formula is C14H14ClNS. The highest BCUT2D eigenvalue weighted by molar-refractivity contribution is 7.99. The lowest BCUT2D eigenvalue weighted by Crippen LogP contribution is -1.85. The standard InChI is InChI=1S/C14H14ClNS/c1-9-5-10(2)7-12(6-9)17-14-4-3-11(16)8-13(14)15/h3-8H,16H2,1-2H3. The number of anilines is 1. The Morgan fingerprint density at radius 3 is 2.24 bits per heavy atom. The molecule has 2 aromatic rings. The molecule has 0 aromatic heterocycles. The molecule has 0 heterocycles. The molecule has 0 unspecified atom stereocenters. The molecule has 0 atom stereocenters. The number of benzene rings is 2. The van der Waals surface area contributed by atoms with Gasteiger partial charge in [0.15, 0.2) is 0 Å². The quantitative estimate of drug-likeness (QED) is 0.796. The monoisotopic (exact) mass is 263 g/mol. The first-order valence-electron chi connectivity index (χ1n) is 5.36. The molecule has 2 aromatic carbocycles. The van der Waals surface area contributed by atoms with E-state index >= 15 is 0 Å². The van der Waals surface area contributed by atoms with E-state index in [1.54, 1.807) is 17.8 Å². The summed E-state index contributed by atoms with van der Waals surface area (Å²) in [5, 5.41) is 0.703. The highest BCUT2D eigenvalue weighted by Gasteiger charge is 2.04. The van der Waals surface area contributed by atoms with Gasteiger partial charge in [-0.15, -0.1) is 0 Å². The van der Waals surface area contributed by atoms with Gasteiger partial charge in [0.05, 0.1) is 5.02 Å². The first-order chi connectivity index (χ1) is 8.04. The van der Waals surface area contributed by atoms with Crippen molar-refractivity contribution in [3.8, 4) is 0 Å². The van der Waals surface area contributed by atoms with Crippen molar-refractivity contribution >= 4 is 29.1 Å². The van der Waals surface area contributed by atoms with Crippen LogP contribution < -0.4 is 5.73 Å². The Labute approximate surface area is 111 Å². The van der Waals surface area contributed by atoms with Gasteiger partial charge in [0.25, 0.3) is 0 Å². The molecule has 3 heteroatoms. The maximum Gasteiger partial charge on any atom is 0.0565 e. The van der Waals surface area contributed by atoms with Crippen LogP contribution >= 0.6 is 23.4 Å². The summed E-state index contributed by atoms with van der Waals surface area (Å²) in [6.07, 6.45) is 0. The molecule has 88 valence electrons. The molecule has 0 amide bonds. The molecule has 1 nitrogen and oxygen atoms in total. The predicted octanol–water partition coefficient (Wildman–Crippen LogP) is 4.69. The summed E-state index contributed by atoms with van der Waals surface area (Å²) in [6, 6.07) is 12.1. The third-order valence-electron chi connectivity index (χ3n) is 2.38. The Kier molecular flexibility index (Phi) is 3.65. The number of halogens is 1. The molecular weight excluding hydrogens is 250 g/mol. The van der Waals surface area contributed by atoms with E-state index in [2.05, 4.69) is 32.0 Å². The molecule has 0 aliphatic rings. The first kappa shape index (κ1) is 12.3. The first-order valence-corrected chi connectivity index (χ1v) is 6.55. The van der Waals surface area contributed by atoms with E-state index in [0.29, 0.717) is 10.7 Å². The lowest BCUT2D eigenvalue weighted by atomic mass is 10.2. The molecule has 0 aliphatic heterocycles. The molecule has 2 rings (SSSR count). The summed E-state index contributed by atoms with van der Waals surface area (Å²) in [6.45, 7) is 4.20. The van der Waals surface area contributed by atoms with E-state index in [0.717, 1.165) is 4.90 Å². The molecule has 0 fully saturated rings. The Hall–Kier alpha value is -1.12. The van der Waals surface area contributed by atoms with E-state index in [-0.39, 0.29) is 0 Å². The van der Waals surface area contributed by atoms with E-state index in [9.17, 15) is 0 Å². The van der Waals surface area contributed by atoms with Gasteiger partial charge in [-0.1, -0.05) is 29.4 Å². The molecule has 0 aliphatic carbocycles. The fraction of sp³-hybridized carbons (Fsp3) is 0.143. The van der Waals surface area contributed by atoms with Crippen LogP contribution in [0.5, 0.6) is 0 Å². The molecule has 0 bridgehead atoms. The summed E-state index contributed by atoms with van der Waals surface area (Å²) < 4.78 is 0. The van der Waals surface area contributed by atoms with Crippen molar-refractivity contribution in [2.24, 2.45) is 0 Å². The fourth-order valence-electron chi connectivity index (χ4n) is 1.72. The highest BCUT2D eigenvalue weighted by atomic mass is 35.5. The van der Waals surface area contributed by atoms with Gasteiger partial charge in [0.2, 0.25) is 0 Å². The van der Waals surface area contributed by atoms with E-state index in [1.165, 1.54) is 16.0 Å². The zero-order valence-corrected chi connectivity index (χ0v) is 11.4. The highest BCUT2D eigenvalue weighted by Crippen LogP contribution is 2.35.